The van der Waals surface area contributed by atoms with Gasteiger partial charge in [0, 0.05) is 0 Å². The summed E-state index contributed by atoms with van der Waals surface area (Å²) in [4.78, 5) is 12.1. The fourth-order valence-electron chi connectivity index (χ4n) is 1.43. The molecular formula is C13H10N2O2S. The number of nitrogens with zero attached hydrogens (tertiary/aromatic N) is 1. The van der Waals surface area contributed by atoms with Crippen molar-refractivity contribution >= 4 is 23.0 Å². The Kier molecular flexibility index (Phi) is 3.60. The van der Waals surface area contributed by atoms with E-state index >= 15 is 0 Å². The standard InChI is InChI=1S/C13H10N2O2S/c14-7-9-2-1-3-10(6-9)8-17-13(16)12-11(15)4-5-18-12/h1-6H,8,15H2. The van der Waals surface area contributed by atoms with Crippen molar-refractivity contribution in [2.45, 2.75) is 6.61 Å². The lowest BCUT2D eigenvalue weighted by Gasteiger charge is -2.04. The highest BCUT2D eigenvalue weighted by Gasteiger charge is 2.12. The zero-order chi connectivity index (χ0) is 13.0. The molecule has 1 aromatic heterocycles. The molecule has 4 nitrogen and oxygen atoms in total. The van der Waals surface area contributed by atoms with Crippen LogP contribution in [0.2, 0.25) is 0 Å². The molecule has 0 amide bonds. The van der Waals surface area contributed by atoms with Crippen molar-refractivity contribution in [3.05, 3.63) is 51.7 Å². The van der Waals surface area contributed by atoms with Crippen LogP contribution in [-0.4, -0.2) is 5.97 Å². The minimum atomic E-state index is -0.440. The van der Waals surface area contributed by atoms with Crippen LogP contribution in [0.5, 0.6) is 0 Å². The Hall–Kier alpha value is -2.32. The SMILES string of the molecule is N#Cc1cccc(COC(=O)c2sccc2N)c1. The summed E-state index contributed by atoms with van der Waals surface area (Å²) in [6, 6.07) is 10.6. The average Bonchev–Trinajstić information content (AvgIpc) is 2.82. The van der Waals surface area contributed by atoms with Crippen LogP contribution in [0, 0.1) is 11.3 Å². The highest BCUT2D eigenvalue weighted by molar-refractivity contribution is 7.12. The predicted molar refractivity (Wildman–Crippen MR) is 69.0 cm³/mol. The van der Waals surface area contributed by atoms with Gasteiger partial charge in [0.2, 0.25) is 0 Å². The number of nitriles is 1. The van der Waals surface area contributed by atoms with Crippen LogP contribution in [0.4, 0.5) is 5.69 Å². The Morgan fingerprint density at radius 2 is 2.28 bits per heavy atom. The van der Waals surface area contributed by atoms with Gasteiger partial charge in [0.1, 0.15) is 11.5 Å². The topological polar surface area (TPSA) is 76.1 Å². The summed E-state index contributed by atoms with van der Waals surface area (Å²) in [7, 11) is 0. The van der Waals surface area contributed by atoms with E-state index in [1.807, 2.05) is 6.07 Å². The van der Waals surface area contributed by atoms with Crippen molar-refractivity contribution in [3.63, 3.8) is 0 Å². The lowest BCUT2D eigenvalue weighted by Crippen LogP contribution is -2.05. The number of benzene rings is 1. The van der Waals surface area contributed by atoms with E-state index in [4.69, 9.17) is 15.7 Å². The number of thiophene rings is 1. The molecule has 18 heavy (non-hydrogen) atoms. The number of carbonyl (C=O) groups excluding carboxylic acids is 1. The maximum atomic E-state index is 11.7. The largest absolute Gasteiger partial charge is 0.457 e. The molecule has 0 aliphatic carbocycles. The molecule has 0 aliphatic rings. The van der Waals surface area contributed by atoms with Crippen molar-refractivity contribution in [2.75, 3.05) is 5.73 Å². The summed E-state index contributed by atoms with van der Waals surface area (Å²) < 4.78 is 5.13. The van der Waals surface area contributed by atoms with E-state index in [0.717, 1.165) is 5.56 Å². The van der Waals surface area contributed by atoms with Crippen LogP contribution in [0.25, 0.3) is 0 Å². The van der Waals surface area contributed by atoms with Crippen LogP contribution >= 0.6 is 11.3 Å². The van der Waals surface area contributed by atoms with E-state index < -0.39 is 5.97 Å². The number of anilines is 1. The summed E-state index contributed by atoms with van der Waals surface area (Å²) >= 11 is 1.25. The van der Waals surface area contributed by atoms with Gasteiger partial charge in [-0.25, -0.2) is 4.79 Å². The fraction of sp³-hybridized carbons (Fsp3) is 0.0769. The summed E-state index contributed by atoms with van der Waals surface area (Å²) in [5.74, 6) is -0.440. The van der Waals surface area contributed by atoms with Crippen LogP contribution in [0.3, 0.4) is 0 Å². The first-order valence-corrected chi connectivity index (χ1v) is 6.08. The normalized spacial score (nSPS) is 9.72. The van der Waals surface area contributed by atoms with E-state index in [-0.39, 0.29) is 6.61 Å². The predicted octanol–water partition coefficient (Wildman–Crippen LogP) is 2.56. The zero-order valence-corrected chi connectivity index (χ0v) is 10.2. The molecule has 2 rings (SSSR count). The molecule has 2 N–H and O–H groups in total. The second-order valence-electron chi connectivity index (χ2n) is 3.59. The van der Waals surface area contributed by atoms with Crippen LogP contribution < -0.4 is 5.73 Å². The van der Waals surface area contributed by atoms with Crippen molar-refractivity contribution in [3.8, 4) is 6.07 Å². The first kappa shape index (κ1) is 12.1. The van der Waals surface area contributed by atoms with E-state index in [0.29, 0.717) is 16.1 Å². The third-order valence-electron chi connectivity index (χ3n) is 2.31. The summed E-state index contributed by atoms with van der Waals surface area (Å²) in [5, 5.41) is 10.5. The van der Waals surface area contributed by atoms with Gasteiger partial charge in [0.05, 0.1) is 17.3 Å². The molecule has 0 spiro atoms. The van der Waals surface area contributed by atoms with Gasteiger partial charge in [-0.15, -0.1) is 11.3 Å². The van der Waals surface area contributed by atoms with Gasteiger partial charge in [0.25, 0.3) is 0 Å². The van der Waals surface area contributed by atoms with E-state index in [1.165, 1.54) is 11.3 Å². The second-order valence-corrected chi connectivity index (χ2v) is 4.51. The van der Waals surface area contributed by atoms with Gasteiger partial charge in [-0.2, -0.15) is 5.26 Å². The number of hydrogen-bond donors (Lipinski definition) is 1. The number of rotatable bonds is 3. The van der Waals surface area contributed by atoms with Gasteiger partial charge in [-0.05, 0) is 29.1 Å². The van der Waals surface area contributed by atoms with Crippen molar-refractivity contribution in [1.29, 1.82) is 5.26 Å². The van der Waals surface area contributed by atoms with Crippen LogP contribution in [0.1, 0.15) is 20.8 Å². The maximum absolute atomic E-state index is 11.7. The highest BCUT2D eigenvalue weighted by Crippen LogP contribution is 2.20. The molecule has 2 aromatic rings. The number of nitrogen functional groups attached to an aromatic ring is 1. The number of ether oxygens (including phenoxy) is 1. The zero-order valence-electron chi connectivity index (χ0n) is 9.42. The quantitative estimate of drug-likeness (QED) is 0.858. The highest BCUT2D eigenvalue weighted by atomic mass is 32.1. The van der Waals surface area contributed by atoms with Crippen molar-refractivity contribution < 1.29 is 9.53 Å². The molecule has 0 aliphatic heterocycles. The number of esters is 1. The molecule has 1 aromatic carbocycles. The minimum Gasteiger partial charge on any atom is -0.457 e. The Morgan fingerprint density at radius 1 is 1.44 bits per heavy atom. The second kappa shape index (κ2) is 5.34. The fourth-order valence-corrected chi connectivity index (χ4v) is 2.14. The van der Waals surface area contributed by atoms with E-state index in [9.17, 15) is 4.79 Å². The van der Waals surface area contributed by atoms with Crippen LogP contribution in [0.15, 0.2) is 35.7 Å². The number of carbonyl (C=O) groups is 1. The molecular weight excluding hydrogens is 248 g/mol. The van der Waals surface area contributed by atoms with Gasteiger partial charge in [-0.3, -0.25) is 0 Å². The molecule has 0 fully saturated rings. The third-order valence-corrected chi connectivity index (χ3v) is 3.22. The average molecular weight is 258 g/mol. The Labute approximate surface area is 108 Å². The summed E-state index contributed by atoms with van der Waals surface area (Å²) in [6.07, 6.45) is 0. The van der Waals surface area contributed by atoms with Crippen molar-refractivity contribution in [2.24, 2.45) is 0 Å². The summed E-state index contributed by atoms with van der Waals surface area (Å²) in [6.45, 7) is 0.131. The molecule has 0 radical (unpaired) electrons. The van der Waals surface area contributed by atoms with E-state index in [2.05, 4.69) is 0 Å². The molecule has 0 atom stereocenters. The number of nitrogens with two attached hydrogens (primary N) is 1. The first-order chi connectivity index (χ1) is 8.70. The lowest BCUT2D eigenvalue weighted by atomic mass is 10.1. The Balaban J connectivity index is 2.02. The first-order valence-electron chi connectivity index (χ1n) is 5.20. The van der Waals surface area contributed by atoms with Gasteiger partial charge in [-0.1, -0.05) is 12.1 Å². The molecule has 1 heterocycles. The Morgan fingerprint density at radius 3 is 2.94 bits per heavy atom. The smallest absolute Gasteiger partial charge is 0.350 e. The van der Waals surface area contributed by atoms with Gasteiger partial charge < -0.3 is 10.5 Å². The monoisotopic (exact) mass is 258 g/mol. The minimum absolute atomic E-state index is 0.131. The molecule has 0 saturated heterocycles. The van der Waals surface area contributed by atoms with Gasteiger partial charge in [0.15, 0.2) is 0 Å². The maximum Gasteiger partial charge on any atom is 0.350 e. The molecule has 5 heteroatoms. The van der Waals surface area contributed by atoms with Crippen LogP contribution in [-0.2, 0) is 11.3 Å². The summed E-state index contributed by atoms with van der Waals surface area (Å²) in [5.41, 5.74) is 7.37. The number of hydrogen-bond acceptors (Lipinski definition) is 5. The van der Waals surface area contributed by atoms with Crippen molar-refractivity contribution in [1.82, 2.24) is 0 Å². The molecule has 0 unspecified atom stereocenters. The lowest BCUT2D eigenvalue weighted by molar-refractivity contribution is 0.0479. The molecule has 0 saturated carbocycles. The molecule has 90 valence electrons. The molecule has 0 bridgehead atoms. The Bertz CT molecular complexity index is 613. The van der Waals surface area contributed by atoms with Gasteiger partial charge >= 0.3 is 5.97 Å². The third kappa shape index (κ3) is 2.67. The van der Waals surface area contributed by atoms with E-state index in [1.54, 1.807) is 35.7 Å².